The van der Waals surface area contributed by atoms with Crippen molar-refractivity contribution in [3.8, 4) is 0 Å². The highest BCUT2D eigenvalue weighted by molar-refractivity contribution is 6.28. The number of nitrogens with zero attached hydrogens (tertiary/aromatic N) is 3. The van der Waals surface area contributed by atoms with Gasteiger partial charge in [-0.05, 0) is 42.6 Å². The van der Waals surface area contributed by atoms with Crippen molar-refractivity contribution < 1.29 is 4.92 Å². The van der Waals surface area contributed by atoms with Gasteiger partial charge >= 0.3 is 5.69 Å². The van der Waals surface area contributed by atoms with E-state index in [1.165, 1.54) is 0 Å². The maximum Gasteiger partial charge on any atom is 0.329 e. The first-order valence-corrected chi connectivity index (χ1v) is 5.86. The van der Waals surface area contributed by atoms with E-state index >= 15 is 0 Å². The van der Waals surface area contributed by atoms with Crippen LogP contribution in [-0.4, -0.2) is 14.9 Å². The van der Waals surface area contributed by atoms with Crippen molar-refractivity contribution in [3.05, 3.63) is 50.9 Å². The van der Waals surface area contributed by atoms with E-state index in [0.717, 1.165) is 23.0 Å². The first-order chi connectivity index (χ1) is 8.97. The van der Waals surface area contributed by atoms with E-state index in [1.54, 1.807) is 0 Å². The van der Waals surface area contributed by atoms with Gasteiger partial charge in [0.2, 0.25) is 11.1 Å². The summed E-state index contributed by atoms with van der Waals surface area (Å²) >= 11 is 5.67. The molecule has 6 nitrogen and oxygen atoms in total. The normalized spacial score (nSPS) is 10.3. The van der Waals surface area contributed by atoms with Crippen LogP contribution in [-0.2, 0) is 0 Å². The summed E-state index contributed by atoms with van der Waals surface area (Å²) in [7, 11) is 0. The van der Waals surface area contributed by atoms with Gasteiger partial charge in [-0.1, -0.05) is 12.1 Å². The second-order valence-corrected chi connectivity index (χ2v) is 4.41. The minimum Gasteiger partial charge on any atom is -0.334 e. The summed E-state index contributed by atoms with van der Waals surface area (Å²) < 4.78 is 0. The number of rotatable bonds is 3. The fourth-order valence-electron chi connectivity index (χ4n) is 1.58. The molecule has 1 N–H and O–H groups in total. The van der Waals surface area contributed by atoms with E-state index in [4.69, 9.17) is 11.6 Å². The van der Waals surface area contributed by atoms with Gasteiger partial charge in [-0.25, -0.2) is 4.98 Å². The molecule has 0 amide bonds. The molecule has 0 aliphatic heterocycles. The molecule has 0 saturated heterocycles. The molecule has 1 aromatic heterocycles. The Bertz CT molecular complexity index is 646. The van der Waals surface area contributed by atoms with Gasteiger partial charge in [0.1, 0.15) is 6.20 Å². The highest BCUT2D eigenvalue weighted by Gasteiger charge is 2.17. The molecule has 7 heteroatoms. The maximum atomic E-state index is 10.9. The van der Waals surface area contributed by atoms with Gasteiger partial charge in [0.25, 0.3) is 0 Å². The molecule has 0 fully saturated rings. The fourth-order valence-corrected chi connectivity index (χ4v) is 1.71. The lowest BCUT2D eigenvalue weighted by Gasteiger charge is -2.09. The summed E-state index contributed by atoms with van der Waals surface area (Å²) in [6.45, 7) is 3.84. The smallest absolute Gasteiger partial charge is 0.329 e. The molecule has 0 spiro atoms. The molecular weight excluding hydrogens is 268 g/mol. The van der Waals surface area contributed by atoms with E-state index in [-0.39, 0.29) is 16.8 Å². The zero-order valence-corrected chi connectivity index (χ0v) is 11.1. The summed E-state index contributed by atoms with van der Waals surface area (Å²) in [6, 6.07) is 5.77. The first kappa shape index (κ1) is 13.2. The topological polar surface area (TPSA) is 81.0 Å². The van der Waals surface area contributed by atoms with Gasteiger partial charge in [-0.15, -0.1) is 0 Å². The first-order valence-electron chi connectivity index (χ1n) is 5.48. The summed E-state index contributed by atoms with van der Waals surface area (Å²) in [5.74, 6) is 0.0821. The lowest BCUT2D eigenvalue weighted by Crippen LogP contribution is -2.02. The van der Waals surface area contributed by atoms with Crippen LogP contribution in [0.4, 0.5) is 17.2 Å². The van der Waals surface area contributed by atoms with Crippen molar-refractivity contribution in [2.75, 3.05) is 5.32 Å². The number of nitrogens with one attached hydrogen (secondary N) is 1. The van der Waals surface area contributed by atoms with Crippen LogP contribution >= 0.6 is 11.6 Å². The van der Waals surface area contributed by atoms with Gasteiger partial charge in [0.15, 0.2) is 0 Å². The van der Waals surface area contributed by atoms with E-state index in [9.17, 15) is 10.1 Å². The van der Waals surface area contributed by atoms with Crippen molar-refractivity contribution in [1.29, 1.82) is 0 Å². The molecule has 98 valence electrons. The van der Waals surface area contributed by atoms with Crippen LogP contribution in [0.2, 0.25) is 5.28 Å². The van der Waals surface area contributed by atoms with Gasteiger partial charge in [-0.3, -0.25) is 10.1 Å². The number of hydrogen-bond donors (Lipinski definition) is 1. The third-order valence-electron chi connectivity index (χ3n) is 2.58. The minimum absolute atomic E-state index is 0.0431. The van der Waals surface area contributed by atoms with Crippen LogP contribution in [0.15, 0.2) is 24.4 Å². The Hall–Kier alpha value is -2.21. The monoisotopic (exact) mass is 278 g/mol. The summed E-state index contributed by atoms with van der Waals surface area (Å²) in [4.78, 5) is 17.8. The van der Waals surface area contributed by atoms with Gasteiger partial charge < -0.3 is 5.32 Å². The quantitative estimate of drug-likeness (QED) is 0.529. The molecule has 1 aromatic carbocycles. The zero-order valence-electron chi connectivity index (χ0n) is 10.3. The van der Waals surface area contributed by atoms with Gasteiger partial charge in [0.05, 0.1) is 4.92 Å². The second-order valence-electron chi connectivity index (χ2n) is 4.07. The minimum atomic E-state index is -0.552. The third kappa shape index (κ3) is 2.97. The molecule has 0 atom stereocenters. The lowest BCUT2D eigenvalue weighted by molar-refractivity contribution is -0.384. The molecule has 1 heterocycles. The lowest BCUT2D eigenvalue weighted by atomic mass is 10.1. The molecule has 0 saturated carbocycles. The predicted molar refractivity (Wildman–Crippen MR) is 72.9 cm³/mol. The fraction of sp³-hybridized carbons (Fsp3) is 0.167. The highest BCUT2D eigenvalue weighted by atomic mass is 35.5. The van der Waals surface area contributed by atoms with Gasteiger partial charge in [-0.2, -0.15) is 4.98 Å². The number of benzene rings is 1. The Balaban J connectivity index is 2.45. The second kappa shape index (κ2) is 5.19. The molecule has 0 unspecified atom stereocenters. The van der Waals surface area contributed by atoms with Crippen molar-refractivity contribution >= 4 is 28.8 Å². The van der Waals surface area contributed by atoms with Crippen molar-refractivity contribution in [2.45, 2.75) is 13.8 Å². The number of halogens is 1. The summed E-state index contributed by atoms with van der Waals surface area (Å²) in [5, 5.41) is 13.8. The van der Waals surface area contributed by atoms with Crippen molar-refractivity contribution in [2.24, 2.45) is 0 Å². The predicted octanol–water partition coefficient (Wildman–Crippen LogP) is 3.40. The van der Waals surface area contributed by atoms with Crippen molar-refractivity contribution in [1.82, 2.24) is 9.97 Å². The molecule has 0 aliphatic carbocycles. The molecule has 0 bridgehead atoms. The van der Waals surface area contributed by atoms with E-state index < -0.39 is 4.92 Å². The summed E-state index contributed by atoms with van der Waals surface area (Å²) in [6.07, 6.45) is 1.09. The third-order valence-corrected chi connectivity index (χ3v) is 2.76. The molecular formula is C12H11ClN4O2. The molecule has 19 heavy (non-hydrogen) atoms. The standard InChI is InChI=1S/C12H11ClN4O2/c1-7-3-4-8(2)9(5-7)15-11-10(17(18)19)6-14-12(13)16-11/h3-6H,1-2H3,(H,14,15,16). The van der Waals surface area contributed by atoms with E-state index in [0.29, 0.717) is 0 Å². The maximum absolute atomic E-state index is 10.9. The zero-order chi connectivity index (χ0) is 14.0. The largest absolute Gasteiger partial charge is 0.334 e. The molecule has 0 radical (unpaired) electrons. The van der Waals surface area contributed by atoms with Crippen LogP contribution < -0.4 is 5.32 Å². The Morgan fingerprint density at radius 3 is 2.79 bits per heavy atom. The number of aryl methyl sites for hydroxylation is 2. The Morgan fingerprint density at radius 1 is 1.37 bits per heavy atom. The van der Waals surface area contributed by atoms with Crippen LogP contribution in [0.25, 0.3) is 0 Å². The van der Waals surface area contributed by atoms with E-state index in [2.05, 4.69) is 15.3 Å². The molecule has 2 rings (SSSR count). The van der Waals surface area contributed by atoms with Crippen LogP contribution in [0.1, 0.15) is 11.1 Å². The Morgan fingerprint density at radius 2 is 2.11 bits per heavy atom. The highest BCUT2D eigenvalue weighted by Crippen LogP contribution is 2.27. The number of anilines is 2. The number of nitro groups is 1. The number of hydrogen-bond acceptors (Lipinski definition) is 5. The van der Waals surface area contributed by atoms with Crippen molar-refractivity contribution in [3.63, 3.8) is 0 Å². The molecule has 0 aliphatic rings. The van der Waals surface area contributed by atoms with Crippen LogP contribution in [0.5, 0.6) is 0 Å². The number of aromatic nitrogens is 2. The average Bonchev–Trinajstić information content (AvgIpc) is 2.33. The van der Waals surface area contributed by atoms with Crippen LogP contribution in [0.3, 0.4) is 0 Å². The molecule has 2 aromatic rings. The SMILES string of the molecule is Cc1ccc(C)c(Nc2nc(Cl)ncc2[N+](=O)[O-])c1. The summed E-state index contributed by atoms with van der Waals surface area (Å²) in [5.41, 5.74) is 2.52. The average molecular weight is 279 g/mol. The Labute approximate surface area is 114 Å². The van der Waals surface area contributed by atoms with Crippen LogP contribution in [0, 0.1) is 24.0 Å². The van der Waals surface area contributed by atoms with Gasteiger partial charge in [0, 0.05) is 5.69 Å². The van der Waals surface area contributed by atoms with E-state index in [1.807, 2.05) is 32.0 Å². The Kier molecular flexibility index (Phi) is 3.62.